The lowest BCUT2D eigenvalue weighted by Gasteiger charge is -2.05. The number of nitro groups is 1. The molecular formula is C13H10ClN3O2. The van der Waals surface area contributed by atoms with Crippen LogP contribution in [0.1, 0.15) is 17.7 Å². The van der Waals surface area contributed by atoms with Crippen LogP contribution in [0.4, 0.5) is 5.69 Å². The first kappa shape index (κ1) is 12.0. The molecule has 0 radical (unpaired) electrons. The van der Waals surface area contributed by atoms with Gasteiger partial charge >= 0.3 is 0 Å². The first-order valence-corrected chi connectivity index (χ1v) is 6.33. The summed E-state index contributed by atoms with van der Waals surface area (Å²) in [5.74, 6) is 0.453. The molecule has 0 amide bonds. The van der Waals surface area contributed by atoms with Crippen LogP contribution in [0.3, 0.4) is 0 Å². The van der Waals surface area contributed by atoms with Gasteiger partial charge in [-0.25, -0.2) is 9.97 Å². The zero-order valence-electron chi connectivity index (χ0n) is 9.97. The molecule has 5 nitrogen and oxygen atoms in total. The van der Waals surface area contributed by atoms with Gasteiger partial charge in [0, 0.05) is 29.0 Å². The van der Waals surface area contributed by atoms with Crippen molar-refractivity contribution in [1.29, 1.82) is 0 Å². The molecule has 0 saturated carbocycles. The molecule has 0 aliphatic heterocycles. The number of hydrogen-bond donors (Lipinski definition) is 0. The highest BCUT2D eigenvalue weighted by Crippen LogP contribution is 2.29. The van der Waals surface area contributed by atoms with Gasteiger partial charge in [-0.1, -0.05) is 23.7 Å². The van der Waals surface area contributed by atoms with Gasteiger partial charge < -0.3 is 0 Å². The molecule has 0 spiro atoms. The van der Waals surface area contributed by atoms with Gasteiger partial charge in [0.15, 0.2) is 5.82 Å². The summed E-state index contributed by atoms with van der Waals surface area (Å²) in [6.45, 7) is 0. The first-order valence-electron chi connectivity index (χ1n) is 5.95. The largest absolute Gasteiger partial charge is 0.270 e. The van der Waals surface area contributed by atoms with Crippen molar-refractivity contribution in [3.8, 4) is 11.4 Å². The summed E-state index contributed by atoms with van der Waals surface area (Å²) < 4.78 is 0. The van der Waals surface area contributed by atoms with E-state index in [4.69, 9.17) is 11.6 Å². The maximum absolute atomic E-state index is 10.8. The monoisotopic (exact) mass is 275 g/mol. The van der Waals surface area contributed by atoms with E-state index in [1.165, 1.54) is 12.1 Å². The van der Waals surface area contributed by atoms with E-state index in [2.05, 4.69) is 9.97 Å². The number of hydrogen-bond acceptors (Lipinski definition) is 4. The highest BCUT2D eigenvalue weighted by atomic mass is 35.5. The molecule has 1 heterocycles. The van der Waals surface area contributed by atoms with Crippen molar-refractivity contribution >= 4 is 17.3 Å². The Morgan fingerprint density at radius 1 is 1.26 bits per heavy atom. The van der Waals surface area contributed by atoms with Crippen LogP contribution in [0.5, 0.6) is 0 Å². The van der Waals surface area contributed by atoms with Crippen molar-refractivity contribution in [3.63, 3.8) is 0 Å². The number of aryl methyl sites for hydroxylation is 1. The SMILES string of the molecule is O=[N+]([O-])c1cccc(-c2nc(Cl)c3c(n2)CCC3)c1. The van der Waals surface area contributed by atoms with Crippen LogP contribution in [-0.2, 0) is 12.8 Å². The number of non-ortho nitro benzene ring substituents is 1. The third-order valence-electron chi connectivity index (χ3n) is 3.20. The molecule has 0 fully saturated rings. The normalized spacial score (nSPS) is 13.3. The van der Waals surface area contributed by atoms with Crippen LogP contribution in [0.15, 0.2) is 24.3 Å². The summed E-state index contributed by atoms with van der Waals surface area (Å²) in [6, 6.07) is 6.28. The maximum atomic E-state index is 10.8. The molecule has 0 atom stereocenters. The first-order chi connectivity index (χ1) is 9.15. The molecule has 19 heavy (non-hydrogen) atoms. The topological polar surface area (TPSA) is 68.9 Å². The van der Waals surface area contributed by atoms with Crippen molar-refractivity contribution in [2.24, 2.45) is 0 Å². The third-order valence-corrected chi connectivity index (χ3v) is 3.51. The van der Waals surface area contributed by atoms with Crippen LogP contribution < -0.4 is 0 Å². The highest BCUT2D eigenvalue weighted by Gasteiger charge is 2.19. The number of nitro benzene ring substituents is 1. The minimum atomic E-state index is -0.432. The van der Waals surface area contributed by atoms with Crippen LogP contribution >= 0.6 is 11.6 Å². The molecule has 0 unspecified atom stereocenters. The summed E-state index contributed by atoms with van der Waals surface area (Å²) in [6.07, 6.45) is 2.82. The van der Waals surface area contributed by atoms with Crippen LogP contribution in [0.2, 0.25) is 5.15 Å². The minimum Gasteiger partial charge on any atom is -0.258 e. The Balaban J connectivity index is 2.10. The predicted octanol–water partition coefficient (Wildman–Crippen LogP) is 3.19. The van der Waals surface area contributed by atoms with Gasteiger partial charge in [0.2, 0.25) is 0 Å². The second-order valence-corrected chi connectivity index (χ2v) is 4.78. The number of benzene rings is 1. The van der Waals surface area contributed by atoms with Gasteiger partial charge in [-0.05, 0) is 19.3 Å². The molecule has 1 aliphatic carbocycles. The van der Waals surface area contributed by atoms with Crippen LogP contribution in [0.25, 0.3) is 11.4 Å². The fourth-order valence-corrected chi connectivity index (χ4v) is 2.56. The zero-order valence-corrected chi connectivity index (χ0v) is 10.7. The van der Waals surface area contributed by atoms with Crippen molar-refractivity contribution < 1.29 is 4.92 Å². The highest BCUT2D eigenvalue weighted by molar-refractivity contribution is 6.30. The van der Waals surface area contributed by atoms with Gasteiger partial charge in [-0.3, -0.25) is 10.1 Å². The van der Waals surface area contributed by atoms with Crippen molar-refractivity contribution in [1.82, 2.24) is 9.97 Å². The molecule has 1 aliphatic rings. The summed E-state index contributed by atoms with van der Waals surface area (Å²) in [5.41, 5.74) is 2.61. The zero-order chi connectivity index (χ0) is 13.4. The number of halogens is 1. The minimum absolute atomic E-state index is 0.0257. The van der Waals surface area contributed by atoms with E-state index in [-0.39, 0.29) is 5.69 Å². The lowest BCUT2D eigenvalue weighted by atomic mass is 10.2. The Labute approximate surface area is 114 Å². The number of rotatable bonds is 2. The van der Waals surface area contributed by atoms with E-state index in [1.807, 2.05) is 0 Å². The Kier molecular flexibility index (Phi) is 2.91. The number of aromatic nitrogens is 2. The van der Waals surface area contributed by atoms with E-state index < -0.39 is 4.92 Å². The van der Waals surface area contributed by atoms with Crippen molar-refractivity contribution in [2.75, 3.05) is 0 Å². The van der Waals surface area contributed by atoms with E-state index in [1.54, 1.807) is 12.1 Å². The molecule has 1 aromatic carbocycles. The van der Waals surface area contributed by atoms with Crippen LogP contribution in [-0.4, -0.2) is 14.9 Å². The van der Waals surface area contributed by atoms with E-state index >= 15 is 0 Å². The van der Waals surface area contributed by atoms with Gasteiger partial charge in [-0.2, -0.15) is 0 Å². The average molecular weight is 276 g/mol. The quantitative estimate of drug-likeness (QED) is 0.479. The molecule has 0 saturated heterocycles. The standard InChI is InChI=1S/C13H10ClN3O2/c14-12-10-5-2-6-11(10)15-13(16-12)8-3-1-4-9(7-8)17(18)19/h1,3-4,7H,2,5-6H2. The van der Waals surface area contributed by atoms with E-state index in [9.17, 15) is 10.1 Å². The molecule has 1 aromatic heterocycles. The molecule has 0 N–H and O–H groups in total. The lowest BCUT2D eigenvalue weighted by Crippen LogP contribution is -1.98. The smallest absolute Gasteiger partial charge is 0.258 e. The Hall–Kier alpha value is -2.01. The van der Waals surface area contributed by atoms with Gasteiger partial charge in [0.05, 0.1) is 4.92 Å². The van der Waals surface area contributed by atoms with Crippen molar-refractivity contribution in [3.05, 3.63) is 50.8 Å². The van der Waals surface area contributed by atoms with Gasteiger partial charge in [-0.15, -0.1) is 0 Å². The fraction of sp³-hybridized carbons (Fsp3) is 0.231. The van der Waals surface area contributed by atoms with E-state index in [0.29, 0.717) is 16.5 Å². The average Bonchev–Trinajstić information content (AvgIpc) is 2.87. The summed E-state index contributed by atoms with van der Waals surface area (Å²) >= 11 is 6.14. The summed E-state index contributed by atoms with van der Waals surface area (Å²) in [4.78, 5) is 19.1. The molecule has 3 rings (SSSR count). The summed E-state index contributed by atoms with van der Waals surface area (Å²) in [5, 5.41) is 11.2. The van der Waals surface area contributed by atoms with Gasteiger partial charge in [0.1, 0.15) is 5.15 Å². The van der Waals surface area contributed by atoms with Crippen LogP contribution in [0, 0.1) is 10.1 Å². The summed E-state index contributed by atoms with van der Waals surface area (Å²) in [7, 11) is 0. The number of fused-ring (bicyclic) bond motifs is 1. The molecule has 6 heteroatoms. The second kappa shape index (κ2) is 4.59. The van der Waals surface area contributed by atoms with Crippen molar-refractivity contribution in [2.45, 2.75) is 19.3 Å². The molecule has 96 valence electrons. The Bertz CT molecular complexity index is 673. The maximum Gasteiger partial charge on any atom is 0.270 e. The van der Waals surface area contributed by atoms with Gasteiger partial charge in [0.25, 0.3) is 5.69 Å². The number of nitrogens with zero attached hydrogens (tertiary/aromatic N) is 3. The second-order valence-electron chi connectivity index (χ2n) is 4.42. The molecule has 2 aromatic rings. The molecule has 0 bridgehead atoms. The Morgan fingerprint density at radius 2 is 2.11 bits per heavy atom. The fourth-order valence-electron chi connectivity index (χ4n) is 2.27. The lowest BCUT2D eigenvalue weighted by molar-refractivity contribution is -0.384. The third kappa shape index (κ3) is 2.17. The molecular weight excluding hydrogens is 266 g/mol. The van der Waals surface area contributed by atoms with E-state index in [0.717, 1.165) is 30.5 Å². The predicted molar refractivity (Wildman–Crippen MR) is 71.2 cm³/mol. The Morgan fingerprint density at radius 3 is 2.89 bits per heavy atom.